The van der Waals surface area contributed by atoms with Crippen LogP contribution in [-0.4, -0.2) is 22.3 Å². The molecule has 0 aromatic carbocycles. The SMILES string of the molecule is CC=N\C=C/C(=C/[N+](=O)[O-])C(/C)=C/CC(O)C(C)CC. The van der Waals surface area contributed by atoms with Crippen molar-refractivity contribution in [3.05, 3.63) is 45.8 Å². The van der Waals surface area contributed by atoms with Crippen LogP contribution in [0.4, 0.5) is 0 Å². The summed E-state index contributed by atoms with van der Waals surface area (Å²) in [5, 5.41) is 20.5. The molecule has 0 aromatic rings. The van der Waals surface area contributed by atoms with Gasteiger partial charge in [-0.2, -0.15) is 0 Å². The number of allylic oxidation sites excluding steroid dienone is 3. The predicted molar refractivity (Wildman–Crippen MR) is 82.2 cm³/mol. The molecule has 0 saturated heterocycles. The zero-order chi connectivity index (χ0) is 15.5. The van der Waals surface area contributed by atoms with Gasteiger partial charge in [0.1, 0.15) is 0 Å². The first kappa shape index (κ1) is 18.2. The highest BCUT2D eigenvalue weighted by atomic mass is 16.6. The molecule has 0 spiro atoms. The maximum atomic E-state index is 10.6. The lowest BCUT2D eigenvalue weighted by molar-refractivity contribution is -0.403. The Morgan fingerprint density at radius 2 is 2.15 bits per heavy atom. The van der Waals surface area contributed by atoms with Gasteiger partial charge in [-0.1, -0.05) is 26.3 Å². The van der Waals surface area contributed by atoms with E-state index in [0.29, 0.717) is 12.0 Å². The average Bonchev–Trinajstić information content (AvgIpc) is 2.42. The lowest BCUT2D eigenvalue weighted by Crippen LogP contribution is -2.15. The minimum atomic E-state index is -0.488. The summed E-state index contributed by atoms with van der Waals surface area (Å²) in [4.78, 5) is 14.0. The number of nitrogens with zero attached hydrogens (tertiary/aromatic N) is 2. The van der Waals surface area contributed by atoms with Gasteiger partial charge in [-0.25, -0.2) is 0 Å². The van der Waals surface area contributed by atoms with Gasteiger partial charge in [-0.3, -0.25) is 15.1 Å². The second-order valence-corrected chi connectivity index (χ2v) is 4.67. The summed E-state index contributed by atoms with van der Waals surface area (Å²) >= 11 is 0. The van der Waals surface area contributed by atoms with Crippen molar-refractivity contribution in [2.75, 3.05) is 0 Å². The quantitative estimate of drug-likeness (QED) is 0.320. The van der Waals surface area contributed by atoms with Gasteiger partial charge in [0.25, 0.3) is 0 Å². The van der Waals surface area contributed by atoms with E-state index < -0.39 is 11.0 Å². The van der Waals surface area contributed by atoms with Gasteiger partial charge in [0.2, 0.25) is 6.20 Å². The van der Waals surface area contributed by atoms with E-state index in [9.17, 15) is 15.2 Å². The lowest BCUT2D eigenvalue weighted by Gasteiger charge is -2.15. The van der Waals surface area contributed by atoms with E-state index in [1.54, 1.807) is 26.1 Å². The first-order valence-electron chi connectivity index (χ1n) is 6.77. The van der Waals surface area contributed by atoms with E-state index in [0.717, 1.165) is 18.2 Å². The molecule has 20 heavy (non-hydrogen) atoms. The molecule has 0 bridgehead atoms. The van der Waals surface area contributed by atoms with E-state index >= 15 is 0 Å². The number of aliphatic imine (C=N–C) groups is 1. The molecule has 0 rings (SSSR count). The van der Waals surface area contributed by atoms with Crippen molar-refractivity contribution in [1.82, 2.24) is 0 Å². The monoisotopic (exact) mass is 280 g/mol. The summed E-state index contributed by atoms with van der Waals surface area (Å²) in [5.41, 5.74) is 1.24. The highest BCUT2D eigenvalue weighted by Crippen LogP contribution is 2.16. The molecule has 5 heteroatoms. The van der Waals surface area contributed by atoms with E-state index in [2.05, 4.69) is 4.99 Å². The van der Waals surface area contributed by atoms with Crippen molar-refractivity contribution < 1.29 is 10.0 Å². The summed E-state index contributed by atoms with van der Waals surface area (Å²) in [6, 6.07) is 0. The summed E-state index contributed by atoms with van der Waals surface area (Å²) in [6.45, 7) is 7.57. The van der Waals surface area contributed by atoms with Crippen molar-refractivity contribution in [2.45, 2.75) is 46.6 Å². The van der Waals surface area contributed by atoms with Crippen LogP contribution in [0.25, 0.3) is 0 Å². The van der Waals surface area contributed by atoms with Crippen LogP contribution in [0, 0.1) is 16.0 Å². The number of aliphatic hydroxyl groups is 1. The van der Waals surface area contributed by atoms with Crippen LogP contribution in [0.1, 0.15) is 40.5 Å². The molecule has 1 N–H and O–H groups in total. The number of hydrogen-bond acceptors (Lipinski definition) is 4. The van der Waals surface area contributed by atoms with Gasteiger partial charge in [0.15, 0.2) is 0 Å². The molecule has 5 nitrogen and oxygen atoms in total. The molecule has 2 unspecified atom stereocenters. The largest absolute Gasteiger partial charge is 0.393 e. The molecule has 0 aliphatic rings. The fourth-order valence-corrected chi connectivity index (χ4v) is 1.52. The molecular weight excluding hydrogens is 256 g/mol. The Morgan fingerprint density at radius 1 is 1.50 bits per heavy atom. The molecule has 0 aliphatic heterocycles. The number of rotatable bonds is 8. The van der Waals surface area contributed by atoms with Crippen LogP contribution < -0.4 is 0 Å². The summed E-state index contributed by atoms with van der Waals surface area (Å²) in [5.74, 6) is 0.210. The third-order valence-electron chi connectivity index (χ3n) is 3.16. The van der Waals surface area contributed by atoms with Crippen LogP contribution in [0.15, 0.2) is 40.7 Å². The Bertz CT molecular complexity index is 423. The maximum absolute atomic E-state index is 10.6. The molecule has 2 atom stereocenters. The van der Waals surface area contributed by atoms with Crippen LogP contribution in [-0.2, 0) is 0 Å². The normalized spacial score (nSPS) is 16.9. The number of hydrogen-bond donors (Lipinski definition) is 1. The number of nitro groups is 1. The molecular formula is C15H24N2O3. The smallest absolute Gasteiger partial charge is 0.241 e. The Balaban J connectivity index is 4.95. The average molecular weight is 280 g/mol. The molecule has 0 amide bonds. The van der Waals surface area contributed by atoms with Crippen molar-refractivity contribution in [3.63, 3.8) is 0 Å². The third-order valence-corrected chi connectivity index (χ3v) is 3.16. The zero-order valence-electron chi connectivity index (χ0n) is 12.6. The van der Waals surface area contributed by atoms with Crippen LogP contribution in [0.2, 0.25) is 0 Å². The maximum Gasteiger partial charge on any atom is 0.241 e. The molecule has 0 fully saturated rings. The topological polar surface area (TPSA) is 75.7 Å². The minimum absolute atomic E-state index is 0.210. The second-order valence-electron chi connectivity index (χ2n) is 4.67. The number of aliphatic hydroxyl groups excluding tert-OH is 1. The molecule has 0 radical (unpaired) electrons. The molecule has 112 valence electrons. The second kappa shape index (κ2) is 10.1. The first-order chi connectivity index (χ1) is 9.42. The first-order valence-corrected chi connectivity index (χ1v) is 6.77. The van der Waals surface area contributed by atoms with Gasteiger partial charge >= 0.3 is 0 Å². The predicted octanol–water partition coefficient (Wildman–Crippen LogP) is 3.49. The fourth-order valence-electron chi connectivity index (χ4n) is 1.52. The molecule has 0 aromatic heterocycles. The van der Waals surface area contributed by atoms with Crippen LogP contribution in [0.5, 0.6) is 0 Å². The van der Waals surface area contributed by atoms with Crippen molar-refractivity contribution in [3.8, 4) is 0 Å². The standard InChI is InChI=1S/C15H24N2O3/c1-5-12(3)15(18)8-7-13(4)14(11-17(19)20)9-10-16-6-2/h6-7,9-12,15,18H,5,8H2,1-4H3/b10-9-,13-7+,14-11-,16-6?. The lowest BCUT2D eigenvalue weighted by atomic mass is 9.97. The van der Waals surface area contributed by atoms with Gasteiger partial charge in [-0.05, 0) is 37.8 Å². The van der Waals surface area contributed by atoms with E-state index in [4.69, 9.17) is 0 Å². The minimum Gasteiger partial charge on any atom is -0.393 e. The Kier molecular flexibility index (Phi) is 9.20. The van der Waals surface area contributed by atoms with E-state index in [1.807, 2.05) is 19.9 Å². The molecule has 0 heterocycles. The highest BCUT2D eigenvalue weighted by molar-refractivity contribution is 5.54. The van der Waals surface area contributed by atoms with Crippen LogP contribution in [0.3, 0.4) is 0 Å². The van der Waals surface area contributed by atoms with E-state index in [1.165, 1.54) is 6.20 Å². The third kappa shape index (κ3) is 7.63. The summed E-state index contributed by atoms with van der Waals surface area (Å²) in [7, 11) is 0. The fraction of sp³-hybridized carbons (Fsp3) is 0.533. The Morgan fingerprint density at radius 3 is 2.65 bits per heavy atom. The van der Waals surface area contributed by atoms with Gasteiger partial charge in [0, 0.05) is 18.0 Å². The Labute approximate surface area is 120 Å². The van der Waals surface area contributed by atoms with Crippen molar-refractivity contribution in [1.29, 1.82) is 0 Å². The van der Waals surface area contributed by atoms with Crippen LogP contribution >= 0.6 is 0 Å². The molecule has 0 aliphatic carbocycles. The Hall–Kier alpha value is -1.75. The molecule has 0 saturated carbocycles. The van der Waals surface area contributed by atoms with Crippen molar-refractivity contribution >= 4 is 6.21 Å². The summed E-state index contributed by atoms with van der Waals surface area (Å²) in [6.07, 6.45) is 8.44. The summed E-state index contributed by atoms with van der Waals surface area (Å²) < 4.78 is 0. The van der Waals surface area contributed by atoms with Gasteiger partial charge < -0.3 is 5.11 Å². The zero-order valence-corrected chi connectivity index (χ0v) is 12.6. The van der Waals surface area contributed by atoms with Crippen molar-refractivity contribution in [2.24, 2.45) is 10.9 Å². The highest BCUT2D eigenvalue weighted by Gasteiger charge is 2.11. The van der Waals surface area contributed by atoms with Gasteiger partial charge in [0.05, 0.1) is 11.0 Å². The van der Waals surface area contributed by atoms with E-state index in [-0.39, 0.29) is 5.92 Å². The van der Waals surface area contributed by atoms with Gasteiger partial charge in [-0.15, -0.1) is 0 Å².